The summed E-state index contributed by atoms with van der Waals surface area (Å²) in [6.07, 6.45) is 5.19. The molecule has 0 spiro atoms. The van der Waals surface area contributed by atoms with Crippen molar-refractivity contribution in [1.82, 2.24) is 4.98 Å². The van der Waals surface area contributed by atoms with Crippen molar-refractivity contribution in [3.05, 3.63) is 17.8 Å². The molecule has 2 heterocycles. The fraction of sp³-hybridized carbons (Fsp3) is 0.222. The Morgan fingerprint density at radius 1 is 1.58 bits per heavy atom. The maximum Gasteiger partial charge on any atom is 0.238 e. The maximum atomic E-state index is 5.30. The van der Waals surface area contributed by atoms with E-state index >= 15 is 0 Å². The predicted molar refractivity (Wildman–Crippen MR) is 46.2 cm³/mol. The fourth-order valence-corrected chi connectivity index (χ4v) is 1.10. The van der Waals surface area contributed by atoms with Gasteiger partial charge in [0.05, 0.1) is 5.69 Å². The highest BCUT2D eigenvalue weighted by Crippen LogP contribution is 2.23. The van der Waals surface area contributed by atoms with Crippen LogP contribution in [0.15, 0.2) is 12.1 Å². The molecule has 2 rings (SSSR count). The number of nitrogens with zero attached hydrogens (tertiary/aromatic N) is 1. The Morgan fingerprint density at radius 2 is 2.50 bits per heavy atom. The molecule has 0 aromatic carbocycles. The van der Waals surface area contributed by atoms with Crippen molar-refractivity contribution in [2.45, 2.75) is 0 Å². The van der Waals surface area contributed by atoms with E-state index in [1.807, 2.05) is 6.07 Å². The van der Waals surface area contributed by atoms with Crippen molar-refractivity contribution in [3.63, 3.8) is 0 Å². The van der Waals surface area contributed by atoms with Gasteiger partial charge < -0.3 is 10.1 Å². The number of aromatic nitrogens is 1. The Bertz CT molecular complexity index is 341. The number of hydrogen-bond acceptors (Lipinski definition) is 3. The number of ether oxygens (including phenoxy) is 1. The summed E-state index contributed by atoms with van der Waals surface area (Å²) >= 11 is 0. The summed E-state index contributed by atoms with van der Waals surface area (Å²) in [5.74, 6) is 3.07. The first-order valence-corrected chi connectivity index (χ1v) is 3.74. The van der Waals surface area contributed by atoms with Crippen molar-refractivity contribution in [1.29, 1.82) is 0 Å². The minimum Gasteiger partial charge on any atom is -0.474 e. The van der Waals surface area contributed by atoms with Crippen molar-refractivity contribution >= 4 is 5.69 Å². The summed E-state index contributed by atoms with van der Waals surface area (Å²) in [4.78, 5) is 4.11. The molecule has 12 heavy (non-hydrogen) atoms. The lowest BCUT2D eigenvalue weighted by atomic mass is 10.3. The van der Waals surface area contributed by atoms with E-state index in [2.05, 4.69) is 16.2 Å². The van der Waals surface area contributed by atoms with Crippen molar-refractivity contribution in [2.75, 3.05) is 18.5 Å². The Balaban J connectivity index is 2.44. The highest BCUT2D eigenvalue weighted by Gasteiger charge is 2.10. The molecule has 3 nitrogen and oxygen atoms in total. The number of terminal acetylenes is 1. The second-order valence-electron chi connectivity index (χ2n) is 2.47. The minimum atomic E-state index is 0.608. The molecular formula is C9H8N2O. The first-order valence-electron chi connectivity index (χ1n) is 3.74. The molecule has 0 bridgehead atoms. The number of pyridine rings is 1. The Morgan fingerprint density at radius 3 is 3.33 bits per heavy atom. The quantitative estimate of drug-likeness (QED) is 0.572. The Hall–Kier alpha value is -1.69. The van der Waals surface area contributed by atoms with Crippen LogP contribution in [0.2, 0.25) is 0 Å². The van der Waals surface area contributed by atoms with Crippen molar-refractivity contribution in [3.8, 4) is 18.2 Å². The molecular weight excluding hydrogens is 152 g/mol. The van der Waals surface area contributed by atoms with E-state index in [0.29, 0.717) is 18.2 Å². The van der Waals surface area contributed by atoms with Gasteiger partial charge in [0, 0.05) is 6.54 Å². The molecule has 0 fully saturated rings. The molecule has 0 saturated carbocycles. The van der Waals surface area contributed by atoms with Crippen molar-refractivity contribution < 1.29 is 4.74 Å². The van der Waals surface area contributed by atoms with Gasteiger partial charge in [0.15, 0.2) is 0 Å². The van der Waals surface area contributed by atoms with Crippen LogP contribution < -0.4 is 10.1 Å². The zero-order chi connectivity index (χ0) is 8.39. The number of nitrogens with one attached hydrogen (secondary N) is 1. The van der Waals surface area contributed by atoms with Crippen LogP contribution in [0.4, 0.5) is 5.69 Å². The summed E-state index contributed by atoms with van der Waals surface area (Å²) in [5, 5.41) is 3.16. The summed E-state index contributed by atoms with van der Waals surface area (Å²) in [6.45, 7) is 1.47. The lowest BCUT2D eigenvalue weighted by molar-refractivity contribution is 0.310. The predicted octanol–water partition coefficient (Wildman–Crippen LogP) is 0.867. The third kappa shape index (κ3) is 1.08. The van der Waals surface area contributed by atoms with Gasteiger partial charge >= 0.3 is 0 Å². The van der Waals surface area contributed by atoms with Crippen LogP contribution in [-0.4, -0.2) is 18.1 Å². The molecule has 0 amide bonds. The topological polar surface area (TPSA) is 34.1 Å². The lowest BCUT2D eigenvalue weighted by Crippen LogP contribution is -2.18. The first-order chi connectivity index (χ1) is 5.90. The molecule has 1 aliphatic rings. The van der Waals surface area contributed by atoms with E-state index in [-0.39, 0.29) is 0 Å². The van der Waals surface area contributed by atoms with E-state index in [0.717, 1.165) is 12.2 Å². The fourth-order valence-electron chi connectivity index (χ4n) is 1.10. The van der Waals surface area contributed by atoms with Crippen LogP contribution in [0.25, 0.3) is 0 Å². The molecule has 0 unspecified atom stereocenters. The summed E-state index contributed by atoms with van der Waals surface area (Å²) < 4.78 is 5.30. The molecule has 60 valence electrons. The smallest absolute Gasteiger partial charge is 0.238 e. The van der Waals surface area contributed by atoms with Gasteiger partial charge in [-0.15, -0.1) is 6.42 Å². The van der Waals surface area contributed by atoms with Gasteiger partial charge in [-0.3, -0.25) is 0 Å². The van der Waals surface area contributed by atoms with Gasteiger partial charge in [-0.2, -0.15) is 0 Å². The van der Waals surface area contributed by atoms with Crippen LogP contribution in [0.3, 0.4) is 0 Å². The Labute approximate surface area is 70.8 Å². The zero-order valence-corrected chi connectivity index (χ0v) is 6.50. The monoisotopic (exact) mass is 160 g/mol. The lowest BCUT2D eigenvalue weighted by Gasteiger charge is -2.17. The molecule has 1 aromatic rings. The highest BCUT2D eigenvalue weighted by molar-refractivity contribution is 5.55. The summed E-state index contributed by atoms with van der Waals surface area (Å²) in [5.41, 5.74) is 1.53. The molecule has 1 N–H and O–H groups in total. The van der Waals surface area contributed by atoms with Crippen molar-refractivity contribution in [2.24, 2.45) is 0 Å². The van der Waals surface area contributed by atoms with E-state index < -0.39 is 0 Å². The number of fused-ring (bicyclic) bond motifs is 1. The average molecular weight is 160 g/mol. The maximum absolute atomic E-state index is 5.30. The van der Waals surface area contributed by atoms with E-state index in [1.165, 1.54) is 0 Å². The van der Waals surface area contributed by atoms with E-state index in [4.69, 9.17) is 11.2 Å². The normalized spacial score (nSPS) is 13.6. The van der Waals surface area contributed by atoms with E-state index in [9.17, 15) is 0 Å². The molecule has 0 saturated heterocycles. The van der Waals surface area contributed by atoms with Crippen LogP contribution >= 0.6 is 0 Å². The summed E-state index contributed by atoms with van der Waals surface area (Å²) in [7, 11) is 0. The number of anilines is 1. The Kier molecular flexibility index (Phi) is 1.60. The molecule has 1 aromatic heterocycles. The zero-order valence-electron chi connectivity index (χ0n) is 6.50. The SMILES string of the molecule is C#Cc1ccc2c(n1)OCCN2. The van der Waals surface area contributed by atoms with Gasteiger partial charge in [-0.25, -0.2) is 4.98 Å². The third-order valence-electron chi connectivity index (χ3n) is 1.66. The standard InChI is InChI=1S/C9H8N2O/c1-2-7-3-4-8-9(11-7)12-6-5-10-8/h1,3-4,10H,5-6H2. The molecule has 3 heteroatoms. The van der Waals surface area contributed by atoms with E-state index in [1.54, 1.807) is 6.07 Å². The van der Waals surface area contributed by atoms with Gasteiger partial charge in [0.2, 0.25) is 5.88 Å². The minimum absolute atomic E-state index is 0.608. The molecule has 0 radical (unpaired) electrons. The van der Waals surface area contributed by atoms with Crippen LogP contribution in [0.1, 0.15) is 5.69 Å². The van der Waals surface area contributed by atoms with Crippen LogP contribution in [0, 0.1) is 12.3 Å². The number of rotatable bonds is 0. The summed E-state index contributed by atoms with van der Waals surface area (Å²) in [6, 6.07) is 3.68. The molecule has 0 aliphatic carbocycles. The first kappa shape index (κ1) is 6.99. The van der Waals surface area contributed by atoms with Crippen LogP contribution in [-0.2, 0) is 0 Å². The molecule has 1 aliphatic heterocycles. The largest absolute Gasteiger partial charge is 0.474 e. The highest BCUT2D eigenvalue weighted by atomic mass is 16.5. The second-order valence-corrected chi connectivity index (χ2v) is 2.47. The van der Waals surface area contributed by atoms with Gasteiger partial charge in [-0.05, 0) is 12.1 Å². The van der Waals surface area contributed by atoms with Crippen LogP contribution in [0.5, 0.6) is 5.88 Å². The average Bonchev–Trinajstić information content (AvgIpc) is 2.17. The molecule has 0 atom stereocenters. The van der Waals surface area contributed by atoms with Gasteiger partial charge in [0.25, 0.3) is 0 Å². The number of hydrogen-bond donors (Lipinski definition) is 1. The third-order valence-corrected chi connectivity index (χ3v) is 1.66. The van der Waals surface area contributed by atoms with Gasteiger partial charge in [0.1, 0.15) is 12.3 Å². The van der Waals surface area contributed by atoms with Gasteiger partial charge in [-0.1, -0.05) is 5.92 Å². The second kappa shape index (κ2) is 2.74.